The summed E-state index contributed by atoms with van der Waals surface area (Å²) in [6.45, 7) is 1.89. The smallest absolute Gasteiger partial charge is 0.354 e. The lowest BCUT2D eigenvalue weighted by Crippen LogP contribution is -2.19. The molecule has 86 valence electrons. The highest BCUT2D eigenvalue weighted by Crippen LogP contribution is 2.22. The van der Waals surface area contributed by atoms with Gasteiger partial charge in [-0.1, -0.05) is 6.08 Å². The Balaban J connectivity index is 2.30. The molecule has 0 saturated heterocycles. The van der Waals surface area contributed by atoms with E-state index in [9.17, 15) is 4.79 Å². The average molecular weight is 220 g/mol. The van der Waals surface area contributed by atoms with E-state index in [2.05, 4.69) is 11.4 Å². The van der Waals surface area contributed by atoms with Crippen LogP contribution in [0.25, 0.3) is 5.57 Å². The molecule has 0 fully saturated rings. The largest absolute Gasteiger partial charge is 0.464 e. The number of hydrogen-bond donors (Lipinski definition) is 1. The number of nitrogens with zero attached hydrogens (tertiary/aromatic N) is 1. The molecule has 0 atom stereocenters. The summed E-state index contributed by atoms with van der Waals surface area (Å²) >= 11 is 0. The van der Waals surface area contributed by atoms with E-state index in [4.69, 9.17) is 4.74 Å². The van der Waals surface area contributed by atoms with E-state index in [-0.39, 0.29) is 5.97 Å². The molecule has 0 aliphatic carbocycles. The second-order valence-electron chi connectivity index (χ2n) is 3.90. The molecule has 1 aromatic rings. The van der Waals surface area contributed by atoms with E-state index in [1.165, 1.54) is 12.7 Å². The third kappa shape index (κ3) is 2.02. The summed E-state index contributed by atoms with van der Waals surface area (Å²) in [6.07, 6.45) is 5.15. The van der Waals surface area contributed by atoms with Gasteiger partial charge in [0.15, 0.2) is 0 Å². The molecule has 0 saturated carbocycles. The lowest BCUT2D eigenvalue weighted by Gasteiger charge is -2.12. The summed E-state index contributed by atoms with van der Waals surface area (Å²) in [6, 6.07) is 1.89. The third-order valence-corrected chi connectivity index (χ3v) is 2.83. The molecule has 0 aromatic carbocycles. The molecule has 0 spiro atoms. The second-order valence-corrected chi connectivity index (χ2v) is 3.90. The highest BCUT2D eigenvalue weighted by Gasteiger charge is 2.14. The van der Waals surface area contributed by atoms with Crippen molar-refractivity contribution in [2.75, 3.05) is 20.2 Å². The first-order valence-corrected chi connectivity index (χ1v) is 5.37. The van der Waals surface area contributed by atoms with E-state index < -0.39 is 0 Å². The normalized spacial score (nSPS) is 15.8. The van der Waals surface area contributed by atoms with Crippen LogP contribution in [0.15, 0.2) is 18.3 Å². The number of esters is 1. The average Bonchev–Trinajstić information content (AvgIpc) is 2.71. The maximum Gasteiger partial charge on any atom is 0.354 e. The van der Waals surface area contributed by atoms with Gasteiger partial charge in [-0.2, -0.15) is 0 Å². The first kappa shape index (κ1) is 11.0. The summed E-state index contributed by atoms with van der Waals surface area (Å²) in [5.41, 5.74) is 3.01. The van der Waals surface area contributed by atoms with Gasteiger partial charge in [-0.3, -0.25) is 0 Å². The molecule has 1 aliphatic heterocycles. The lowest BCUT2D eigenvalue weighted by atomic mass is 10.0. The van der Waals surface area contributed by atoms with Gasteiger partial charge in [-0.15, -0.1) is 0 Å². The van der Waals surface area contributed by atoms with Crippen molar-refractivity contribution in [1.82, 2.24) is 9.88 Å². The molecule has 0 amide bonds. The van der Waals surface area contributed by atoms with Crippen molar-refractivity contribution < 1.29 is 9.53 Å². The van der Waals surface area contributed by atoms with Crippen molar-refractivity contribution in [2.45, 2.75) is 6.42 Å². The maximum absolute atomic E-state index is 11.5. The lowest BCUT2D eigenvalue weighted by molar-refractivity contribution is 0.0590. The third-order valence-electron chi connectivity index (χ3n) is 2.83. The van der Waals surface area contributed by atoms with Gasteiger partial charge >= 0.3 is 5.97 Å². The Bertz CT molecular complexity index is 432. The number of hydrogen-bond acceptors (Lipinski definition) is 3. The zero-order chi connectivity index (χ0) is 11.5. The summed E-state index contributed by atoms with van der Waals surface area (Å²) in [7, 11) is 3.26. The first-order valence-electron chi connectivity index (χ1n) is 5.37. The molecule has 0 unspecified atom stereocenters. The second kappa shape index (κ2) is 4.53. The zero-order valence-electron chi connectivity index (χ0n) is 9.62. The van der Waals surface area contributed by atoms with Gasteiger partial charge in [0.2, 0.25) is 0 Å². The van der Waals surface area contributed by atoms with Crippen molar-refractivity contribution in [1.29, 1.82) is 0 Å². The van der Waals surface area contributed by atoms with Crippen LogP contribution < -0.4 is 5.32 Å². The number of aromatic nitrogens is 1. The molecule has 1 aromatic heterocycles. The van der Waals surface area contributed by atoms with Crippen LogP contribution in [0.5, 0.6) is 0 Å². The minimum absolute atomic E-state index is 0.289. The van der Waals surface area contributed by atoms with E-state index >= 15 is 0 Å². The fourth-order valence-electron chi connectivity index (χ4n) is 1.93. The number of carbonyl (C=O) groups excluding carboxylic acids is 1. The number of rotatable bonds is 2. The summed E-state index contributed by atoms with van der Waals surface area (Å²) in [5.74, 6) is -0.289. The Hall–Kier alpha value is -1.55. The van der Waals surface area contributed by atoms with Crippen LogP contribution in [-0.2, 0) is 11.8 Å². The van der Waals surface area contributed by atoms with Crippen molar-refractivity contribution in [3.05, 3.63) is 29.6 Å². The van der Waals surface area contributed by atoms with Crippen LogP contribution in [0.1, 0.15) is 22.5 Å². The van der Waals surface area contributed by atoms with E-state index in [0.29, 0.717) is 5.69 Å². The molecule has 16 heavy (non-hydrogen) atoms. The van der Waals surface area contributed by atoms with Crippen molar-refractivity contribution in [3.63, 3.8) is 0 Å². The first-order chi connectivity index (χ1) is 7.72. The topological polar surface area (TPSA) is 43.3 Å². The summed E-state index contributed by atoms with van der Waals surface area (Å²) < 4.78 is 6.54. The summed E-state index contributed by atoms with van der Waals surface area (Å²) in [4.78, 5) is 11.5. The summed E-state index contributed by atoms with van der Waals surface area (Å²) in [5, 5.41) is 3.27. The van der Waals surface area contributed by atoms with Crippen LogP contribution >= 0.6 is 0 Å². The SMILES string of the molecule is COC(=O)c1cc(C2=CCNCC2)cn1C. The maximum atomic E-state index is 11.5. The van der Waals surface area contributed by atoms with Gasteiger partial charge in [0.25, 0.3) is 0 Å². The molecule has 1 N–H and O–H groups in total. The molecule has 0 radical (unpaired) electrons. The predicted molar refractivity (Wildman–Crippen MR) is 62.2 cm³/mol. The Morgan fingerprint density at radius 1 is 1.56 bits per heavy atom. The molecule has 1 aliphatic rings. The van der Waals surface area contributed by atoms with E-state index in [0.717, 1.165) is 25.1 Å². The Morgan fingerprint density at radius 2 is 2.38 bits per heavy atom. The van der Waals surface area contributed by atoms with Crippen molar-refractivity contribution in [2.24, 2.45) is 7.05 Å². The zero-order valence-corrected chi connectivity index (χ0v) is 9.62. The molecular weight excluding hydrogens is 204 g/mol. The number of carbonyl (C=O) groups is 1. The standard InChI is InChI=1S/C12H16N2O2/c1-14-8-10(7-11(14)12(15)16-2)9-3-5-13-6-4-9/h3,7-8,13H,4-6H2,1-2H3. The molecule has 4 heteroatoms. The Morgan fingerprint density at radius 3 is 3.00 bits per heavy atom. The molecule has 2 rings (SSSR count). The highest BCUT2D eigenvalue weighted by atomic mass is 16.5. The van der Waals surface area contributed by atoms with Gasteiger partial charge in [0, 0.05) is 19.8 Å². The van der Waals surface area contributed by atoms with Gasteiger partial charge in [-0.05, 0) is 30.2 Å². The molecule has 0 bridgehead atoms. The van der Waals surface area contributed by atoms with E-state index in [1.807, 2.05) is 23.9 Å². The Labute approximate surface area is 94.9 Å². The van der Waals surface area contributed by atoms with Gasteiger partial charge in [-0.25, -0.2) is 4.79 Å². The Kier molecular flexibility index (Phi) is 3.10. The molecule has 2 heterocycles. The van der Waals surface area contributed by atoms with Gasteiger partial charge < -0.3 is 14.6 Å². The van der Waals surface area contributed by atoms with Crippen LogP contribution in [0.3, 0.4) is 0 Å². The minimum Gasteiger partial charge on any atom is -0.464 e. The van der Waals surface area contributed by atoms with Gasteiger partial charge in [0.1, 0.15) is 5.69 Å². The number of ether oxygens (including phenoxy) is 1. The van der Waals surface area contributed by atoms with Crippen LogP contribution in [0.4, 0.5) is 0 Å². The predicted octanol–water partition coefficient (Wildman–Crippen LogP) is 1.19. The van der Waals surface area contributed by atoms with Crippen molar-refractivity contribution in [3.8, 4) is 0 Å². The number of nitrogens with one attached hydrogen (secondary N) is 1. The quantitative estimate of drug-likeness (QED) is 0.761. The van der Waals surface area contributed by atoms with E-state index in [1.54, 1.807) is 0 Å². The fraction of sp³-hybridized carbons (Fsp3) is 0.417. The number of aryl methyl sites for hydroxylation is 1. The molecule has 4 nitrogen and oxygen atoms in total. The number of methoxy groups -OCH3 is 1. The monoisotopic (exact) mass is 220 g/mol. The van der Waals surface area contributed by atoms with Crippen molar-refractivity contribution >= 4 is 11.5 Å². The highest BCUT2D eigenvalue weighted by molar-refractivity contribution is 5.89. The fourth-order valence-corrected chi connectivity index (χ4v) is 1.93. The van der Waals surface area contributed by atoms with Crippen LogP contribution in [-0.4, -0.2) is 30.7 Å². The minimum atomic E-state index is -0.289. The van der Waals surface area contributed by atoms with Gasteiger partial charge in [0.05, 0.1) is 7.11 Å². The molecular formula is C12H16N2O2. The van der Waals surface area contributed by atoms with Crippen LogP contribution in [0.2, 0.25) is 0 Å². The van der Waals surface area contributed by atoms with Crippen LogP contribution in [0, 0.1) is 0 Å².